The fourth-order valence-corrected chi connectivity index (χ4v) is 3.49. The van der Waals surface area contributed by atoms with Gasteiger partial charge in [-0.15, -0.1) is 0 Å². The molecule has 1 unspecified atom stereocenters. The number of pyridine rings is 1. The van der Waals surface area contributed by atoms with Gasteiger partial charge in [0.15, 0.2) is 0 Å². The van der Waals surface area contributed by atoms with Crippen molar-refractivity contribution in [2.24, 2.45) is 5.92 Å². The zero-order chi connectivity index (χ0) is 20.0. The second-order valence-electron chi connectivity index (χ2n) is 8.07. The highest BCUT2D eigenvalue weighted by molar-refractivity contribution is 5.67. The van der Waals surface area contributed by atoms with Crippen molar-refractivity contribution >= 4 is 0 Å². The lowest BCUT2D eigenvalue weighted by Gasteiger charge is -2.13. The van der Waals surface area contributed by atoms with E-state index in [1.54, 1.807) is 0 Å². The quantitative estimate of drug-likeness (QED) is 0.311. The normalized spacial score (nSPS) is 12.1. The second-order valence-corrected chi connectivity index (χ2v) is 8.07. The fourth-order valence-electron chi connectivity index (χ4n) is 3.49. The lowest BCUT2D eigenvalue weighted by atomic mass is 10.0. The number of unbranched alkanes of at least 4 members (excludes halogenated alkanes) is 5. The highest BCUT2D eigenvalue weighted by Gasteiger charge is 2.08. The summed E-state index contributed by atoms with van der Waals surface area (Å²) in [4.78, 5) is 4.63. The molecular weight excluding hydrogens is 342 g/mol. The van der Waals surface area contributed by atoms with Crippen molar-refractivity contribution in [2.75, 3.05) is 6.61 Å². The lowest BCUT2D eigenvalue weighted by molar-refractivity contribution is 0.301. The summed E-state index contributed by atoms with van der Waals surface area (Å²) in [6.45, 7) is 7.65. The Bertz CT molecular complexity index is 667. The van der Waals surface area contributed by atoms with Crippen LogP contribution >= 0.6 is 0 Å². The van der Waals surface area contributed by atoms with E-state index in [9.17, 15) is 0 Å². The Hall–Kier alpha value is -1.83. The fraction of sp³-hybridized carbons (Fsp3) is 0.577. The summed E-state index contributed by atoms with van der Waals surface area (Å²) in [5, 5.41) is 0. The van der Waals surface area contributed by atoms with Gasteiger partial charge in [-0.25, -0.2) is 0 Å². The molecule has 0 aliphatic rings. The van der Waals surface area contributed by atoms with Gasteiger partial charge in [0, 0.05) is 11.8 Å². The Kier molecular flexibility index (Phi) is 10.7. The van der Waals surface area contributed by atoms with Crippen LogP contribution in [0.4, 0.5) is 0 Å². The molecular formula is C26H39NO. The van der Waals surface area contributed by atoms with Crippen LogP contribution in [0.15, 0.2) is 42.6 Å². The van der Waals surface area contributed by atoms with Crippen LogP contribution in [0.3, 0.4) is 0 Å². The second kappa shape index (κ2) is 13.4. The van der Waals surface area contributed by atoms with E-state index in [2.05, 4.69) is 62.2 Å². The van der Waals surface area contributed by atoms with Crippen molar-refractivity contribution in [1.29, 1.82) is 0 Å². The van der Waals surface area contributed by atoms with Crippen molar-refractivity contribution in [3.63, 3.8) is 0 Å². The van der Waals surface area contributed by atoms with Crippen molar-refractivity contribution in [1.82, 2.24) is 4.98 Å². The predicted molar refractivity (Wildman–Crippen MR) is 121 cm³/mol. The van der Waals surface area contributed by atoms with Gasteiger partial charge in [-0.3, -0.25) is 4.98 Å². The Morgan fingerprint density at radius 1 is 0.929 bits per heavy atom. The Labute approximate surface area is 172 Å². The van der Waals surface area contributed by atoms with Gasteiger partial charge in [0.05, 0.1) is 12.3 Å². The minimum atomic E-state index is 0.782. The number of hydrogen-bond donors (Lipinski definition) is 0. The number of hydrogen-bond acceptors (Lipinski definition) is 2. The van der Waals surface area contributed by atoms with Crippen LogP contribution in [-0.4, -0.2) is 11.6 Å². The molecule has 0 amide bonds. The molecule has 0 aliphatic carbocycles. The Morgan fingerprint density at radius 3 is 2.57 bits per heavy atom. The SMILES string of the molecule is CCCCCCCc1ccnc(-c2ccccc2OCCCCC(C)CC)c1. The van der Waals surface area contributed by atoms with Crippen LogP contribution in [0, 0.1) is 5.92 Å². The third kappa shape index (κ3) is 8.04. The van der Waals surface area contributed by atoms with Crippen LogP contribution in [0.5, 0.6) is 5.75 Å². The molecule has 0 aliphatic heterocycles. The monoisotopic (exact) mass is 381 g/mol. The minimum Gasteiger partial charge on any atom is -0.493 e. The smallest absolute Gasteiger partial charge is 0.128 e. The first kappa shape index (κ1) is 22.5. The molecule has 1 aromatic carbocycles. The van der Waals surface area contributed by atoms with Gasteiger partial charge in [-0.1, -0.05) is 71.4 Å². The van der Waals surface area contributed by atoms with Crippen LogP contribution in [0.1, 0.15) is 84.1 Å². The van der Waals surface area contributed by atoms with Crippen molar-refractivity contribution in [3.8, 4) is 17.0 Å². The largest absolute Gasteiger partial charge is 0.493 e. The Balaban J connectivity index is 1.91. The molecule has 1 heterocycles. The molecule has 0 saturated heterocycles. The molecule has 2 rings (SSSR count). The molecule has 2 aromatic rings. The maximum absolute atomic E-state index is 6.13. The number of para-hydroxylation sites is 1. The number of aryl methyl sites for hydroxylation is 1. The zero-order valence-electron chi connectivity index (χ0n) is 18.3. The van der Waals surface area contributed by atoms with E-state index in [0.717, 1.165) is 42.4 Å². The summed E-state index contributed by atoms with van der Waals surface area (Å²) in [7, 11) is 0. The van der Waals surface area contributed by atoms with E-state index in [4.69, 9.17) is 4.74 Å². The molecule has 0 saturated carbocycles. The number of aromatic nitrogens is 1. The van der Waals surface area contributed by atoms with Gasteiger partial charge >= 0.3 is 0 Å². The average molecular weight is 382 g/mol. The van der Waals surface area contributed by atoms with E-state index in [1.165, 1.54) is 56.9 Å². The van der Waals surface area contributed by atoms with Gasteiger partial charge in [0.1, 0.15) is 5.75 Å². The number of rotatable bonds is 14. The van der Waals surface area contributed by atoms with Crippen LogP contribution in [0.2, 0.25) is 0 Å². The molecule has 0 radical (unpaired) electrons. The van der Waals surface area contributed by atoms with Crippen LogP contribution in [-0.2, 0) is 6.42 Å². The number of benzene rings is 1. The maximum atomic E-state index is 6.13. The van der Waals surface area contributed by atoms with E-state index in [-0.39, 0.29) is 0 Å². The topological polar surface area (TPSA) is 22.1 Å². The first-order chi connectivity index (χ1) is 13.7. The van der Waals surface area contributed by atoms with Crippen LogP contribution < -0.4 is 4.74 Å². The first-order valence-corrected chi connectivity index (χ1v) is 11.4. The van der Waals surface area contributed by atoms with Gasteiger partial charge < -0.3 is 4.74 Å². The summed E-state index contributed by atoms with van der Waals surface area (Å²) in [6, 6.07) is 12.7. The summed E-state index contributed by atoms with van der Waals surface area (Å²) in [5.41, 5.74) is 3.52. The average Bonchev–Trinajstić information content (AvgIpc) is 2.73. The summed E-state index contributed by atoms with van der Waals surface area (Å²) < 4.78 is 6.13. The molecule has 0 spiro atoms. The summed E-state index contributed by atoms with van der Waals surface area (Å²) in [6.07, 6.45) is 14.6. The predicted octanol–water partition coefficient (Wildman–Crippen LogP) is 7.86. The van der Waals surface area contributed by atoms with E-state index >= 15 is 0 Å². The molecule has 0 fully saturated rings. The van der Waals surface area contributed by atoms with Crippen LogP contribution in [0.25, 0.3) is 11.3 Å². The van der Waals surface area contributed by atoms with E-state index in [1.807, 2.05) is 6.20 Å². The molecule has 0 bridgehead atoms. The van der Waals surface area contributed by atoms with Gasteiger partial charge in [-0.2, -0.15) is 0 Å². The molecule has 2 heteroatoms. The highest BCUT2D eigenvalue weighted by atomic mass is 16.5. The molecule has 1 atom stereocenters. The van der Waals surface area contributed by atoms with Gasteiger partial charge in [0.25, 0.3) is 0 Å². The number of nitrogens with zero attached hydrogens (tertiary/aromatic N) is 1. The molecule has 1 aromatic heterocycles. The molecule has 28 heavy (non-hydrogen) atoms. The molecule has 154 valence electrons. The maximum Gasteiger partial charge on any atom is 0.128 e. The van der Waals surface area contributed by atoms with Gasteiger partial charge in [-0.05, 0) is 61.4 Å². The third-order valence-corrected chi connectivity index (χ3v) is 5.60. The highest BCUT2D eigenvalue weighted by Crippen LogP contribution is 2.29. The minimum absolute atomic E-state index is 0.782. The standard InChI is InChI=1S/C26H39NO/c1-4-6-7-8-9-15-23-18-19-27-25(21-23)24-16-10-11-17-26(24)28-20-13-12-14-22(3)5-2/h10-11,16-19,21-22H,4-9,12-15,20H2,1-3H3. The lowest BCUT2D eigenvalue weighted by Crippen LogP contribution is -2.01. The first-order valence-electron chi connectivity index (χ1n) is 11.4. The summed E-state index contributed by atoms with van der Waals surface area (Å²) in [5.74, 6) is 1.78. The Morgan fingerprint density at radius 2 is 1.75 bits per heavy atom. The molecule has 0 N–H and O–H groups in total. The van der Waals surface area contributed by atoms with E-state index < -0.39 is 0 Å². The third-order valence-electron chi connectivity index (χ3n) is 5.60. The zero-order valence-corrected chi connectivity index (χ0v) is 18.3. The molecule has 2 nitrogen and oxygen atoms in total. The van der Waals surface area contributed by atoms with Crippen molar-refractivity contribution < 1.29 is 4.74 Å². The summed E-state index contributed by atoms with van der Waals surface area (Å²) >= 11 is 0. The number of ether oxygens (including phenoxy) is 1. The van der Waals surface area contributed by atoms with Crippen molar-refractivity contribution in [2.45, 2.75) is 85.0 Å². The van der Waals surface area contributed by atoms with Gasteiger partial charge in [0.2, 0.25) is 0 Å². The van der Waals surface area contributed by atoms with E-state index in [0.29, 0.717) is 0 Å². The van der Waals surface area contributed by atoms with Crippen molar-refractivity contribution in [3.05, 3.63) is 48.2 Å².